The number of benzene rings is 2. The van der Waals surface area contributed by atoms with Gasteiger partial charge in [-0.05, 0) is 36.6 Å². The first-order valence-corrected chi connectivity index (χ1v) is 9.92. The Kier molecular flexibility index (Phi) is 6.93. The molecular formula is C22H22N4O6. The van der Waals surface area contributed by atoms with E-state index >= 15 is 0 Å². The molecule has 0 saturated carbocycles. The molecule has 3 aromatic rings. The molecule has 0 saturated heterocycles. The van der Waals surface area contributed by atoms with Gasteiger partial charge in [0, 0.05) is 43.1 Å². The molecule has 0 spiro atoms. The minimum absolute atomic E-state index is 0.0000327. The number of pyridine rings is 1. The van der Waals surface area contributed by atoms with Crippen molar-refractivity contribution in [1.29, 1.82) is 0 Å². The van der Waals surface area contributed by atoms with Crippen molar-refractivity contribution in [1.82, 2.24) is 4.98 Å². The number of carbonyl (C=O) groups is 1. The maximum absolute atomic E-state index is 11.2. The van der Waals surface area contributed by atoms with Crippen LogP contribution < -0.4 is 4.90 Å². The number of aryl methyl sites for hydroxylation is 1. The van der Waals surface area contributed by atoms with E-state index in [1.807, 2.05) is 17.9 Å². The quantitative estimate of drug-likeness (QED) is 0.279. The number of aromatic nitrogens is 1. The fourth-order valence-corrected chi connectivity index (χ4v) is 3.33. The van der Waals surface area contributed by atoms with Crippen molar-refractivity contribution in [3.05, 3.63) is 79.9 Å². The molecule has 0 atom stereocenters. The van der Waals surface area contributed by atoms with Crippen LogP contribution in [0.2, 0.25) is 0 Å². The topological polar surface area (TPSA) is 129 Å². The van der Waals surface area contributed by atoms with Gasteiger partial charge >= 0.3 is 5.97 Å². The number of ether oxygens (including phenoxy) is 1. The standard InChI is InChI=1S/C22H22N4O6/c1-15-13-22(23-21-8-7-19(26(30)31)14-20(15)21)24(11-12-32-16(2)27)10-9-17-3-5-18(6-4-17)25(28)29/h3-8,13-14H,9-12H2,1-2H3. The van der Waals surface area contributed by atoms with Gasteiger partial charge in [0.2, 0.25) is 0 Å². The Morgan fingerprint density at radius 3 is 2.28 bits per heavy atom. The molecule has 166 valence electrons. The van der Waals surface area contributed by atoms with Gasteiger partial charge in [0.1, 0.15) is 12.4 Å². The van der Waals surface area contributed by atoms with Gasteiger partial charge in [0.05, 0.1) is 21.9 Å². The van der Waals surface area contributed by atoms with Crippen LogP contribution in [0.1, 0.15) is 18.1 Å². The predicted molar refractivity (Wildman–Crippen MR) is 119 cm³/mol. The first-order chi connectivity index (χ1) is 15.2. The molecule has 10 heteroatoms. The van der Waals surface area contributed by atoms with Gasteiger partial charge in [0.25, 0.3) is 11.4 Å². The van der Waals surface area contributed by atoms with Crippen molar-refractivity contribution in [3.63, 3.8) is 0 Å². The molecule has 10 nitrogen and oxygen atoms in total. The Morgan fingerprint density at radius 1 is 1.00 bits per heavy atom. The zero-order valence-electron chi connectivity index (χ0n) is 17.7. The molecule has 0 aliphatic carbocycles. The van der Waals surface area contributed by atoms with Crippen LogP contribution in [0, 0.1) is 27.2 Å². The molecular weight excluding hydrogens is 416 g/mol. The maximum Gasteiger partial charge on any atom is 0.302 e. The second-order valence-corrected chi connectivity index (χ2v) is 7.26. The van der Waals surface area contributed by atoms with Crippen molar-refractivity contribution in [2.24, 2.45) is 0 Å². The summed E-state index contributed by atoms with van der Waals surface area (Å²) >= 11 is 0. The first-order valence-electron chi connectivity index (χ1n) is 9.92. The van der Waals surface area contributed by atoms with Crippen LogP contribution >= 0.6 is 0 Å². The van der Waals surface area contributed by atoms with Crippen molar-refractivity contribution < 1.29 is 19.4 Å². The molecule has 0 fully saturated rings. The van der Waals surface area contributed by atoms with Crippen LogP contribution in [0.4, 0.5) is 17.2 Å². The summed E-state index contributed by atoms with van der Waals surface area (Å²) in [5, 5.41) is 22.6. The summed E-state index contributed by atoms with van der Waals surface area (Å²) in [6.07, 6.45) is 0.594. The fraction of sp³-hybridized carbons (Fsp3) is 0.273. The van der Waals surface area contributed by atoms with E-state index in [1.165, 1.54) is 31.2 Å². The monoisotopic (exact) mass is 438 g/mol. The van der Waals surface area contributed by atoms with Gasteiger partial charge in [-0.2, -0.15) is 0 Å². The van der Waals surface area contributed by atoms with Gasteiger partial charge < -0.3 is 9.64 Å². The lowest BCUT2D eigenvalue weighted by atomic mass is 10.1. The van der Waals surface area contributed by atoms with Gasteiger partial charge in [-0.1, -0.05) is 12.1 Å². The lowest BCUT2D eigenvalue weighted by Gasteiger charge is -2.24. The highest BCUT2D eigenvalue weighted by atomic mass is 16.6. The van der Waals surface area contributed by atoms with Crippen molar-refractivity contribution >= 4 is 34.1 Å². The smallest absolute Gasteiger partial charge is 0.302 e. The Labute approximate surface area is 183 Å². The number of nitrogens with zero attached hydrogens (tertiary/aromatic N) is 4. The number of esters is 1. The molecule has 2 aromatic carbocycles. The summed E-state index contributed by atoms with van der Waals surface area (Å²) in [5.74, 6) is 0.271. The minimum Gasteiger partial charge on any atom is -0.464 e. The molecule has 0 N–H and O–H groups in total. The third kappa shape index (κ3) is 5.54. The summed E-state index contributed by atoms with van der Waals surface area (Å²) in [6, 6.07) is 12.7. The number of nitro groups is 2. The largest absolute Gasteiger partial charge is 0.464 e. The van der Waals surface area contributed by atoms with E-state index < -0.39 is 9.85 Å². The molecule has 1 aromatic heterocycles. The number of hydrogen-bond donors (Lipinski definition) is 0. The van der Waals surface area contributed by atoms with E-state index in [1.54, 1.807) is 18.2 Å². The van der Waals surface area contributed by atoms with Crippen LogP contribution in [-0.4, -0.2) is 40.5 Å². The first kappa shape index (κ1) is 22.6. The lowest BCUT2D eigenvalue weighted by Crippen LogP contribution is -2.31. The average Bonchev–Trinajstić information content (AvgIpc) is 2.75. The maximum atomic E-state index is 11.2. The zero-order chi connectivity index (χ0) is 23.3. The highest BCUT2D eigenvalue weighted by Crippen LogP contribution is 2.26. The number of rotatable bonds is 9. The van der Waals surface area contributed by atoms with Gasteiger partial charge in [0.15, 0.2) is 0 Å². The number of non-ortho nitro benzene ring substituents is 2. The average molecular weight is 438 g/mol. The molecule has 0 radical (unpaired) electrons. The molecule has 32 heavy (non-hydrogen) atoms. The van der Waals surface area contributed by atoms with Crippen molar-refractivity contribution in [2.45, 2.75) is 20.3 Å². The summed E-state index contributed by atoms with van der Waals surface area (Å²) < 4.78 is 5.09. The Balaban J connectivity index is 1.85. The van der Waals surface area contributed by atoms with E-state index in [0.29, 0.717) is 36.2 Å². The Morgan fingerprint density at radius 2 is 1.66 bits per heavy atom. The van der Waals surface area contributed by atoms with E-state index in [2.05, 4.69) is 4.98 Å². The Hall–Kier alpha value is -4.08. The highest BCUT2D eigenvalue weighted by Gasteiger charge is 2.15. The van der Waals surface area contributed by atoms with Crippen LogP contribution in [0.25, 0.3) is 10.9 Å². The SMILES string of the molecule is CC(=O)OCCN(CCc1ccc([N+](=O)[O-])cc1)c1cc(C)c2cc([N+](=O)[O-])ccc2n1. The summed E-state index contributed by atoms with van der Waals surface area (Å²) in [7, 11) is 0. The third-order valence-corrected chi connectivity index (χ3v) is 5.00. The normalized spacial score (nSPS) is 10.7. The molecule has 0 unspecified atom stereocenters. The van der Waals surface area contributed by atoms with Crippen molar-refractivity contribution in [3.8, 4) is 0 Å². The molecule has 0 amide bonds. The van der Waals surface area contributed by atoms with Crippen LogP contribution in [0.15, 0.2) is 48.5 Å². The number of fused-ring (bicyclic) bond motifs is 1. The molecule has 0 bridgehead atoms. The second kappa shape index (κ2) is 9.82. The third-order valence-electron chi connectivity index (χ3n) is 5.00. The zero-order valence-corrected chi connectivity index (χ0v) is 17.7. The van der Waals surface area contributed by atoms with E-state index in [4.69, 9.17) is 4.74 Å². The van der Waals surface area contributed by atoms with E-state index in [-0.39, 0.29) is 24.0 Å². The van der Waals surface area contributed by atoms with E-state index in [0.717, 1.165) is 11.1 Å². The van der Waals surface area contributed by atoms with Gasteiger partial charge in [-0.25, -0.2) is 4.98 Å². The Bertz CT molecular complexity index is 1160. The van der Waals surface area contributed by atoms with Crippen LogP contribution in [-0.2, 0) is 16.0 Å². The summed E-state index contributed by atoms with van der Waals surface area (Å²) in [4.78, 5) is 38.8. The highest BCUT2D eigenvalue weighted by molar-refractivity contribution is 5.86. The molecule has 3 rings (SSSR count). The van der Waals surface area contributed by atoms with Gasteiger partial charge in [-0.3, -0.25) is 25.0 Å². The summed E-state index contributed by atoms with van der Waals surface area (Å²) in [5.41, 5.74) is 2.41. The lowest BCUT2D eigenvalue weighted by molar-refractivity contribution is -0.385. The molecule has 0 aliphatic rings. The molecule has 1 heterocycles. The predicted octanol–water partition coefficient (Wildman–Crippen LogP) is 3.97. The second-order valence-electron chi connectivity index (χ2n) is 7.26. The van der Waals surface area contributed by atoms with Crippen LogP contribution in [0.5, 0.6) is 0 Å². The number of anilines is 1. The minimum atomic E-state index is -0.443. The molecule has 0 aliphatic heterocycles. The fourth-order valence-electron chi connectivity index (χ4n) is 3.33. The van der Waals surface area contributed by atoms with E-state index in [9.17, 15) is 25.0 Å². The summed E-state index contributed by atoms with van der Waals surface area (Å²) in [6.45, 7) is 4.31. The number of carbonyl (C=O) groups excluding carboxylic acids is 1. The number of nitro benzene ring substituents is 2. The van der Waals surface area contributed by atoms with Gasteiger partial charge in [-0.15, -0.1) is 0 Å². The van der Waals surface area contributed by atoms with Crippen LogP contribution in [0.3, 0.4) is 0 Å². The van der Waals surface area contributed by atoms with Crippen molar-refractivity contribution in [2.75, 3.05) is 24.6 Å². The number of hydrogen-bond acceptors (Lipinski definition) is 8.